The molecule has 0 aliphatic heterocycles. The molecule has 4 aromatic rings. The lowest BCUT2D eigenvalue weighted by molar-refractivity contribution is 0.0960. The van der Waals surface area contributed by atoms with Gasteiger partial charge in [0, 0.05) is 26.5 Å². The second-order valence-corrected chi connectivity index (χ2v) is 7.97. The normalized spacial score (nSPS) is 11.1. The van der Waals surface area contributed by atoms with Gasteiger partial charge in [-0.1, -0.05) is 29.8 Å². The second kappa shape index (κ2) is 7.22. The fourth-order valence-corrected chi connectivity index (χ4v) is 3.94. The molecule has 0 aliphatic rings. The van der Waals surface area contributed by atoms with Crippen LogP contribution in [-0.2, 0) is 6.54 Å². The first kappa shape index (κ1) is 17.8. The first-order valence-electron chi connectivity index (χ1n) is 8.62. The zero-order valence-electron chi connectivity index (χ0n) is 15.0. The highest BCUT2D eigenvalue weighted by atomic mass is 35.5. The van der Waals surface area contributed by atoms with Crippen LogP contribution in [0.1, 0.15) is 26.6 Å². The number of aryl methyl sites for hydroxylation is 2. The van der Waals surface area contributed by atoms with E-state index >= 15 is 0 Å². The summed E-state index contributed by atoms with van der Waals surface area (Å²) in [6.07, 6.45) is 0. The molecule has 0 N–H and O–H groups in total. The van der Waals surface area contributed by atoms with Crippen LogP contribution in [0.25, 0.3) is 11.0 Å². The number of carbonyl (C=O) groups excluding carboxylic acids is 1. The monoisotopic (exact) mass is 395 g/mol. The van der Waals surface area contributed by atoms with Crippen LogP contribution < -0.4 is 4.90 Å². The molecular weight excluding hydrogens is 378 g/mol. The van der Waals surface area contributed by atoms with Gasteiger partial charge in [-0.3, -0.25) is 4.79 Å². The van der Waals surface area contributed by atoms with Gasteiger partial charge in [0.1, 0.15) is 5.58 Å². The maximum atomic E-state index is 13.4. The predicted molar refractivity (Wildman–Crippen MR) is 112 cm³/mol. The largest absolute Gasteiger partial charge is 0.451 e. The minimum atomic E-state index is -0.155. The first-order chi connectivity index (χ1) is 13.0. The van der Waals surface area contributed by atoms with Crippen LogP contribution in [0.4, 0.5) is 5.69 Å². The Hall–Kier alpha value is -2.56. The van der Waals surface area contributed by atoms with E-state index in [0.717, 1.165) is 32.7 Å². The first-order valence-corrected chi connectivity index (χ1v) is 9.88. The number of fused-ring (bicyclic) bond motifs is 1. The molecule has 0 spiro atoms. The number of amides is 1. The van der Waals surface area contributed by atoms with Crippen molar-refractivity contribution in [2.75, 3.05) is 4.90 Å². The summed E-state index contributed by atoms with van der Waals surface area (Å²) < 4.78 is 5.97. The highest BCUT2D eigenvalue weighted by molar-refractivity contribution is 7.09. The number of furan rings is 1. The molecule has 0 saturated carbocycles. The molecule has 0 saturated heterocycles. The van der Waals surface area contributed by atoms with E-state index in [0.29, 0.717) is 17.3 Å². The molecule has 0 fully saturated rings. The van der Waals surface area contributed by atoms with Crippen LogP contribution in [-0.4, -0.2) is 5.91 Å². The average Bonchev–Trinajstić information content (AvgIpc) is 3.28. The number of nitrogens with zero attached hydrogens (tertiary/aromatic N) is 1. The molecule has 27 heavy (non-hydrogen) atoms. The van der Waals surface area contributed by atoms with Crippen molar-refractivity contribution >= 4 is 45.5 Å². The molecule has 3 nitrogen and oxygen atoms in total. The van der Waals surface area contributed by atoms with E-state index in [-0.39, 0.29) is 5.91 Å². The summed E-state index contributed by atoms with van der Waals surface area (Å²) in [5.74, 6) is 0.221. The Kier molecular flexibility index (Phi) is 4.77. The third kappa shape index (κ3) is 3.51. The fraction of sp³-hybridized carbons (Fsp3) is 0.136. The predicted octanol–water partition coefficient (Wildman–Crippen LogP) is 6.61. The molecule has 0 aliphatic carbocycles. The number of carbonyl (C=O) groups is 1. The molecule has 2 aromatic heterocycles. The summed E-state index contributed by atoms with van der Waals surface area (Å²) >= 11 is 7.65. The number of halogens is 1. The minimum Gasteiger partial charge on any atom is -0.451 e. The lowest BCUT2D eigenvalue weighted by atomic mass is 10.1. The molecular formula is C22H18ClNO2S. The number of hydrogen-bond acceptors (Lipinski definition) is 3. The molecule has 0 bridgehead atoms. The van der Waals surface area contributed by atoms with Gasteiger partial charge in [0.15, 0.2) is 5.76 Å². The highest BCUT2D eigenvalue weighted by Gasteiger charge is 2.25. The van der Waals surface area contributed by atoms with Gasteiger partial charge in [-0.2, -0.15) is 0 Å². The summed E-state index contributed by atoms with van der Waals surface area (Å²) in [7, 11) is 0. The van der Waals surface area contributed by atoms with E-state index in [1.807, 2.05) is 61.7 Å². The van der Waals surface area contributed by atoms with Crippen LogP contribution in [0.2, 0.25) is 5.02 Å². The van der Waals surface area contributed by atoms with Crippen molar-refractivity contribution in [3.8, 4) is 0 Å². The highest BCUT2D eigenvalue weighted by Crippen LogP contribution is 2.30. The third-order valence-corrected chi connectivity index (χ3v) is 5.68. The van der Waals surface area contributed by atoms with Crippen LogP contribution in [0.15, 0.2) is 64.4 Å². The van der Waals surface area contributed by atoms with E-state index in [1.54, 1.807) is 28.4 Å². The average molecular weight is 396 g/mol. The third-order valence-electron chi connectivity index (χ3n) is 4.57. The standard InChI is InChI=1S/C22H18ClNO2S/c1-14-5-10-19-15(2)21(26-20(19)12-14)22(25)24(13-18-4-3-11-27-18)17-8-6-16(23)7-9-17/h3-12H,13H2,1-2H3. The summed E-state index contributed by atoms with van der Waals surface area (Å²) in [5.41, 5.74) is 3.49. The summed E-state index contributed by atoms with van der Waals surface area (Å²) in [5, 5.41) is 3.61. The van der Waals surface area contributed by atoms with Crippen molar-refractivity contribution in [2.24, 2.45) is 0 Å². The quantitative estimate of drug-likeness (QED) is 0.389. The van der Waals surface area contributed by atoms with Crippen molar-refractivity contribution < 1.29 is 9.21 Å². The topological polar surface area (TPSA) is 33.5 Å². The molecule has 0 atom stereocenters. The number of hydrogen-bond donors (Lipinski definition) is 0. The molecule has 4 rings (SSSR count). The number of anilines is 1. The van der Waals surface area contributed by atoms with Gasteiger partial charge in [-0.05, 0) is 61.2 Å². The van der Waals surface area contributed by atoms with Crippen molar-refractivity contribution in [1.82, 2.24) is 0 Å². The second-order valence-electron chi connectivity index (χ2n) is 6.50. The van der Waals surface area contributed by atoms with Gasteiger partial charge in [0.2, 0.25) is 0 Å². The SMILES string of the molecule is Cc1ccc2c(C)c(C(=O)N(Cc3cccs3)c3ccc(Cl)cc3)oc2c1. The summed E-state index contributed by atoms with van der Waals surface area (Å²) in [4.78, 5) is 16.3. The maximum absolute atomic E-state index is 13.4. The molecule has 2 heterocycles. The lowest BCUT2D eigenvalue weighted by Crippen LogP contribution is -2.30. The van der Waals surface area contributed by atoms with Gasteiger partial charge in [0.25, 0.3) is 5.91 Å². The molecule has 136 valence electrons. The van der Waals surface area contributed by atoms with Gasteiger partial charge in [0.05, 0.1) is 6.54 Å². The Morgan fingerprint density at radius 1 is 1.11 bits per heavy atom. The number of benzene rings is 2. The Labute approximate surface area is 166 Å². The zero-order valence-corrected chi connectivity index (χ0v) is 16.6. The van der Waals surface area contributed by atoms with Gasteiger partial charge >= 0.3 is 0 Å². The maximum Gasteiger partial charge on any atom is 0.294 e. The van der Waals surface area contributed by atoms with Crippen molar-refractivity contribution in [3.63, 3.8) is 0 Å². The molecule has 0 radical (unpaired) electrons. The Morgan fingerprint density at radius 3 is 2.59 bits per heavy atom. The van der Waals surface area contributed by atoms with Crippen molar-refractivity contribution in [1.29, 1.82) is 0 Å². The zero-order chi connectivity index (χ0) is 19.0. The van der Waals surface area contributed by atoms with Gasteiger partial charge in [-0.25, -0.2) is 0 Å². The van der Waals surface area contributed by atoms with Crippen molar-refractivity contribution in [3.05, 3.63) is 86.8 Å². The van der Waals surface area contributed by atoms with E-state index in [2.05, 4.69) is 0 Å². The van der Waals surface area contributed by atoms with E-state index in [9.17, 15) is 4.79 Å². The van der Waals surface area contributed by atoms with E-state index < -0.39 is 0 Å². The van der Waals surface area contributed by atoms with Crippen LogP contribution >= 0.6 is 22.9 Å². The number of rotatable bonds is 4. The molecule has 1 amide bonds. The smallest absolute Gasteiger partial charge is 0.294 e. The van der Waals surface area contributed by atoms with E-state index in [4.69, 9.17) is 16.0 Å². The Balaban J connectivity index is 1.78. The van der Waals surface area contributed by atoms with Crippen LogP contribution in [0.5, 0.6) is 0 Å². The molecule has 2 aromatic carbocycles. The molecule has 5 heteroatoms. The summed E-state index contributed by atoms with van der Waals surface area (Å²) in [6, 6.07) is 17.3. The Bertz CT molecular complexity index is 1100. The van der Waals surface area contributed by atoms with E-state index in [1.165, 1.54) is 0 Å². The van der Waals surface area contributed by atoms with Crippen LogP contribution in [0.3, 0.4) is 0 Å². The minimum absolute atomic E-state index is 0.155. The Morgan fingerprint density at radius 2 is 1.89 bits per heavy atom. The van der Waals surface area contributed by atoms with Gasteiger partial charge < -0.3 is 9.32 Å². The fourth-order valence-electron chi connectivity index (χ4n) is 3.12. The molecule has 0 unspecified atom stereocenters. The summed E-state index contributed by atoms with van der Waals surface area (Å²) in [6.45, 7) is 4.42. The van der Waals surface area contributed by atoms with Crippen molar-refractivity contribution in [2.45, 2.75) is 20.4 Å². The van der Waals surface area contributed by atoms with Crippen LogP contribution in [0, 0.1) is 13.8 Å². The van der Waals surface area contributed by atoms with Gasteiger partial charge in [-0.15, -0.1) is 11.3 Å². The number of thiophene rings is 1. The lowest BCUT2D eigenvalue weighted by Gasteiger charge is -2.21.